The van der Waals surface area contributed by atoms with Crippen molar-refractivity contribution in [1.29, 1.82) is 0 Å². The summed E-state index contributed by atoms with van der Waals surface area (Å²) in [6, 6.07) is 6.29. The highest BCUT2D eigenvalue weighted by atomic mass is 16.3. The van der Waals surface area contributed by atoms with Crippen LogP contribution in [0, 0.1) is 5.92 Å². The minimum Gasteiger partial charge on any atom is -0.441 e. The molecule has 0 radical (unpaired) electrons. The fraction of sp³-hybridized carbons (Fsp3) is 0.500. The van der Waals surface area contributed by atoms with Crippen molar-refractivity contribution >= 4 is 11.1 Å². The van der Waals surface area contributed by atoms with E-state index >= 15 is 0 Å². The number of aryl methyl sites for hydroxylation is 1. The van der Waals surface area contributed by atoms with Crippen LogP contribution >= 0.6 is 0 Å². The Labute approximate surface area is 101 Å². The van der Waals surface area contributed by atoms with Crippen LogP contribution in [-0.2, 0) is 12.8 Å². The van der Waals surface area contributed by atoms with Crippen LogP contribution in [0.3, 0.4) is 0 Å². The number of benzene rings is 1. The van der Waals surface area contributed by atoms with Gasteiger partial charge in [0.25, 0.3) is 0 Å². The van der Waals surface area contributed by atoms with Crippen LogP contribution in [0.4, 0.5) is 0 Å². The fourth-order valence-corrected chi connectivity index (χ4v) is 2.46. The Hall–Kier alpha value is -1.35. The first-order valence-corrected chi connectivity index (χ1v) is 6.44. The van der Waals surface area contributed by atoms with Gasteiger partial charge in [0.15, 0.2) is 11.5 Å². The van der Waals surface area contributed by atoms with E-state index in [1.54, 1.807) is 0 Å². The molecule has 1 aromatic heterocycles. The first kappa shape index (κ1) is 10.8. The number of fused-ring (bicyclic) bond motifs is 1. The molecule has 1 unspecified atom stereocenters. The average Bonchev–Trinajstić information content (AvgIpc) is 2.96. The number of hydrogen-bond donors (Lipinski definition) is 1. The van der Waals surface area contributed by atoms with Crippen molar-refractivity contribution in [3.63, 3.8) is 0 Å². The first-order valence-electron chi connectivity index (χ1n) is 6.44. The number of nitrogens with one attached hydrogen (secondary N) is 1. The average molecular weight is 230 g/mol. The van der Waals surface area contributed by atoms with Crippen LogP contribution in [0.2, 0.25) is 0 Å². The van der Waals surface area contributed by atoms with E-state index in [0.717, 1.165) is 42.9 Å². The summed E-state index contributed by atoms with van der Waals surface area (Å²) in [5.74, 6) is 1.58. The van der Waals surface area contributed by atoms with E-state index in [0.29, 0.717) is 5.92 Å². The van der Waals surface area contributed by atoms with Gasteiger partial charge in [-0.1, -0.05) is 13.0 Å². The summed E-state index contributed by atoms with van der Waals surface area (Å²) >= 11 is 0. The molecule has 0 amide bonds. The Bertz CT molecular complexity index is 512. The van der Waals surface area contributed by atoms with Gasteiger partial charge in [-0.15, -0.1) is 0 Å². The largest absolute Gasteiger partial charge is 0.441 e. The fourth-order valence-electron chi connectivity index (χ4n) is 2.46. The van der Waals surface area contributed by atoms with Gasteiger partial charge in [0.2, 0.25) is 0 Å². The molecule has 1 saturated heterocycles. The Kier molecular flexibility index (Phi) is 2.85. The predicted molar refractivity (Wildman–Crippen MR) is 68.1 cm³/mol. The summed E-state index contributed by atoms with van der Waals surface area (Å²) in [5.41, 5.74) is 3.24. The molecule has 3 heteroatoms. The standard InChI is InChI=1S/C14H18N2O/c1-2-10-3-4-13-12(7-10)16-14(17-13)8-11-5-6-15-9-11/h3-4,7,11,15H,2,5-6,8-9H2,1H3. The molecule has 2 heterocycles. The minimum absolute atomic E-state index is 0.689. The summed E-state index contributed by atoms with van der Waals surface area (Å²) in [6.45, 7) is 4.39. The molecule has 1 aromatic carbocycles. The van der Waals surface area contributed by atoms with Crippen LogP contribution in [0.25, 0.3) is 11.1 Å². The van der Waals surface area contributed by atoms with Gasteiger partial charge in [0.05, 0.1) is 0 Å². The summed E-state index contributed by atoms with van der Waals surface area (Å²) in [4.78, 5) is 4.59. The molecule has 3 rings (SSSR count). The van der Waals surface area contributed by atoms with E-state index in [1.165, 1.54) is 12.0 Å². The molecule has 3 nitrogen and oxygen atoms in total. The lowest BCUT2D eigenvalue weighted by Crippen LogP contribution is -2.10. The van der Waals surface area contributed by atoms with Gasteiger partial charge in [0.1, 0.15) is 5.52 Å². The van der Waals surface area contributed by atoms with E-state index in [9.17, 15) is 0 Å². The molecular formula is C14H18N2O. The van der Waals surface area contributed by atoms with Crippen LogP contribution in [0.15, 0.2) is 22.6 Å². The highest BCUT2D eigenvalue weighted by Crippen LogP contribution is 2.21. The maximum atomic E-state index is 5.79. The maximum Gasteiger partial charge on any atom is 0.195 e. The lowest BCUT2D eigenvalue weighted by Gasteiger charge is -2.02. The van der Waals surface area contributed by atoms with Crippen molar-refractivity contribution < 1.29 is 4.42 Å². The third-order valence-corrected chi connectivity index (χ3v) is 3.53. The second-order valence-electron chi connectivity index (χ2n) is 4.83. The third kappa shape index (κ3) is 2.20. The zero-order chi connectivity index (χ0) is 11.7. The highest BCUT2D eigenvalue weighted by molar-refractivity contribution is 5.73. The second-order valence-corrected chi connectivity index (χ2v) is 4.83. The molecule has 1 aliphatic rings. The number of aromatic nitrogens is 1. The van der Waals surface area contributed by atoms with Gasteiger partial charge < -0.3 is 9.73 Å². The Morgan fingerprint density at radius 2 is 2.41 bits per heavy atom. The molecule has 17 heavy (non-hydrogen) atoms. The smallest absolute Gasteiger partial charge is 0.195 e. The van der Waals surface area contributed by atoms with Crippen molar-refractivity contribution in [3.8, 4) is 0 Å². The molecule has 0 saturated carbocycles. The first-order chi connectivity index (χ1) is 8.35. The third-order valence-electron chi connectivity index (χ3n) is 3.53. The zero-order valence-electron chi connectivity index (χ0n) is 10.2. The van der Waals surface area contributed by atoms with Gasteiger partial charge in [-0.25, -0.2) is 4.98 Å². The summed E-state index contributed by atoms with van der Waals surface area (Å²) in [7, 11) is 0. The summed E-state index contributed by atoms with van der Waals surface area (Å²) < 4.78 is 5.79. The maximum absolute atomic E-state index is 5.79. The van der Waals surface area contributed by atoms with Gasteiger partial charge in [-0.2, -0.15) is 0 Å². The van der Waals surface area contributed by atoms with Crippen LogP contribution in [0.1, 0.15) is 24.8 Å². The van der Waals surface area contributed by atoms with Crippen molar-refractivity contribution in [2.75, 3.05) is 13.1 Å². The number of oxazole rings is 1. The van der Waals surface area contributed by atoms with Crippen LogP contribution < -0.4 is 5.32 Å². The molecule has 1 aliphatic heterocycles. The number of nitrogens with zero attached hydrogens (tertiary/aromatic N) is 1. The number of hydrogen-bond acceptors (Lipinski definition) is 3. The van der Waals surface area contributed by atoms with Crippen LogP contribution in [0.5, 0.6) is 0 Å². The van der Waals surface area contributed by atoms with E-state index in [-0.39, 0.29) is 0 Å². The van der Waals surface area contributed by atoms with Crippen molar-refractivity contribution in [2.45, 2.75) is 26.2 Å². The van der Waals surface area contributed by atoms with Gasteiger partial charge >= 0.3 is 0 Å². The van der Waals surface area contributed by atoms with Crippen molar-refractivity contribution in [2.24, 2.45) is 5.92 Å². The molecule has 0 aliphatic carbocycles. The van der Waals surface area contributed by atoms with E-state index in [1.807, 2.05) is 6.07 Å². The van der Waals surface area contributed by atoms with E-state index in [4.69, 9.17) is 4.42 Å². The topological polar surface area (TPSA) is 38.1 Å². The summed E-state index contributed by atoms with van der Waals surface area (Å²) in [6.07, 6.45) is 3.24. The van der Waals surface area contributed by atoms with Gasteiger partial charge in [0, 0.05) is 6.42 Å². The normalized spacial score (nSPS) is 20.2. The lowest BCUT2D eigenvalue weighted by molar-refractivity contribution is 0.462. The van der Waals surface area contributed by atoms with E-state index in [2.05, 4.69) is 29.4 Å². The molecule has 90 valence electrons. The lowest BCUT2D eigenvalue weighted by atomic mass is 10.1. The molecule has 1 fully saturated rings. The van der Waals surface area contributed by atoms with Crippen molar-refractivity contribution in [1.82, 2.24) is 10.3 Å². The monoisotopic (exact) mass is 230 g/mol. The van der Waals surface area contributed by atoms with Gasteiger partial charge in [-0.3, -0.25) is 0 Å². The zero-order valence-corrected chi connectivity index (χ0v) is 10.2. The Balaban J connectivity index is 1.85. The Morgan fingerprint density at radius 1 is 1.47 bits per heavy atom. The molecular weight excluding hydrogens is 212 g/mol. The Morgan fingerprint density at radius 3 is 3.18 bits per heavy atom. The predicted octanol–water partition coefficient (Wildman–Crippen LogP) is 2.54. The molecule has 1 N–H and O–H groups in total. The highest BCUT2D eigenvalue weighted by Gasteiger charge is 2.17. The minimum atomic E-state index is 0.689. The molecule has 0 bridgehead atoms. The second kappa shape index (κ2) is 4.49. The molecule has 2 aromatic rings. The molecule has 1 atom stereocenters. The molecule has 0 spiro atoms. The van der Waals surface area contributed by atoms with Crippen LogP contribution in [-0.4, -0.2) is 18.1 Å². The quantitative estimate of drug-likeness (QED) is 0.880. The number of rotatable bonds is 3. The summed E-state index contributed by atoms with van der Waals surface area (Å²) in [5, 5.41) is 3.38. The van der Waals surface area contributed by atoms with Crippen molar-refractivity contribution in [3.05, 3.63) is 29.7 Å². The van der Waals surface area contributed by atoms with E-state index < -0.39 is 0 Å². The van der Waals surface area contributed by atoms with Gasteiger partial charge in [-0.05, 0) is 49.5 Å². The SMILES string of the molecule is CCc1ccc2oc(CC3CCNC3)nc2c1.